The molecule has 0 aromatic heterocycles. The lowest BCUT2D eigenvalue weighted by atomic mass is 9.97. The molecule has 0 saturated heterocycles. The van der Waals surface area contributed by atoms with Crippen molar-refractivity contribution in [3.05, 3.63) is 35.4 Å². The smallest absolute Gasteiger partial charge is 0.416 e. The van der Waals surface area contributed by atoms with Crippen LogP contribution in [0.5, 0.6) is 0 Å². The van der Waals surface area contributed by atoms with Gasteiger partial charge in [-0.2, -0.15) is 13.2 Å². The molecule has 0 unspecified atom stereocenters. The summed E-state index contributed by atoms with van der Waals surface area (Å²) in [7, 11) is 2.24. The van der Waals surface area contributed by atoms with Gasteiger partial charge < -0.3 is 19.9 Å². The number of esters is 2. The average molecular weight is 391 g/mol. The molecule has 0 spiro atoms. The number of ether oxygens (including phenoxy) is 2. The van der Waals surface area contributed by atoms with E-state index in [1.807, 2.05) is 0 Å². The third kappa shape index (κ3) is 6.24. The predicted molar refractivity (Wildman–Crippen MR) is 86.1 cm³/mol. The molecule has 0 aliphatic heterocycles. The van der Waals surface area contributed by atoms with Crippen molar-refractivity contribution < 1.29 is 42.1 Å². The maximum atomic E-state index is 12.6. The zero-order valence-electron chi connectivity index (χ0n) is 14.9. The summed E-state index contributed by atoms with van der Waals surface area (Å²) >= 11 is 0. The van der Waals surface area contributed by atoms with Crippen molar-refractivity contribution in [2.24, 2.45) is 5.92 Å². The first-order valence-electron chi connectivity index (χ1n) is 7.81. The van der Waals surface area contributed by atoms with E-state index in [1.54, 1.807) is 0 Å². The predicted octanol–water partition coefficient (Wildman–Crippen LogP) is 1.60. The Hall–Kier alpha value is -2.62. The second-order valence-corrected chi connectivity index (χ2v) is 5.79. The Labute approximate surface area is 153 Å². The van der Waals surface area contributed by atoms with Crippen molar-refractivity contribution in [2.45, 2.75) is 31.7 Å². The minimum atomic E-state index is -4.55. The number of halogens is 3. The molecule has 0 saturated carbocycles. The fourth-order valence-electron chi connectivity index (χ4n) is 2.26. The number of hydrogen-bond acceptors (Lipinski definition) is 6. The number of alkyl halides is 3. The van der Waals surface area contributed by atoms with Gasteiger partial charge in [0.25, 0.3) is 5.91 Å². The zero-order valence-corrected chi connectivity index (χ0v) is 14.9. The summed E-state index contributed by atoms with van der Waals surface area (Å²) in [6, 6.07) is 2.11. The average Bonchev–Trinajstić information content (AvgIpc) is 2.63. The van der Waals surface area contributed by atoms with Gasteiger partial charge in [-0.1, -0.05) is 19.1 Å². The number of carbonyl (C=O) groups is 3. The third-order valence-electron chi connectivity index (χ3n) is 3.84. The van der Waals surface area contributed by atoms with Gasteiger partial charge in [0.2, 0.25) is 0 Å². The van der Waals surface area contributed by atoms with Crippen molar-refractivity contribution in [3.63, 3.8) is 0 Å². The Bertz CT molecular complexity index is 674. The number of amides is 1. The Balaban J connectivity index is 2.90. The van der Waals surface area contributed by atoms with E-state index in [-0.39, 0.29) is 12.0 Å². The second-order valence-electron chi connectivity index (χ2n) is 5.79. The zero-order chi connectivity index (χ0) is 20.8. The molecule has 0 bridgehead atoms. The van der Waals surface area contributed by atoms with Gasteiger partial charge >= 0.3 is 18.1 Å². The van der Waals surface area contributed by atoms with Gasteiger partial charge in [0, 0.05) is 0 Å². The highest BCUT2D eigenvalue weighted by Crippen LogP contribution is 2.30. The van der Waals surface area contributed by atoms with Crippen LogP contribution < -0.4 is 5.32 Å². The number of methoxy groups -OCH3 is 2. The van der Waals surface area contributed by atoms with Gasteiger partial charge in [-0.05, 0) is 23.6 Å². The number of aliphatic hydroxyl groups excluding tert-OH is 1. The molecule has 0 aliphatic carbocycles. The molecule has 0 heterocycles. The number of carbonyl (C=O) groups excluding carboxylic acids is 3. The van der Waals surface area contributed by atoms with Gasteiger partial charge in [-0.25, -0.2) is 4.79 Å². The van der Waals surface area contributed by atoms with Gasteiger partial charge in [0.15, 0.2) is 6.10 Å². The van der Waals surface area contributed by atoms with E-state index in [2.05, 4.69) is 14.8 Å². The molecule has 150 valence electrons. The van der Waals surface area contributed by atoms with Crippen molar-refractivity contribution in [1.82, 2.24) is 5.32 Å². The molecule has 1 aromatic rings. The topological polar surface area (TPSA) is 102 Å². The fourth-order valence-corrected chi connectivity index (χ4v) is 2.26. The van der Waals surface area contributed by atoms with Gasteiger partial charge in [0.05, 0.1) is 26.2 Å². The van der Waals surface area contributed by atoms with Crippen LogP contribution in [0.15, 0.2) is 24.3 Å². The molecular formula is C17H20F3NO6. The molecule has 0 fully saturated rings. The van der Waals surface area contributed by atoms with Crippen molar-refractivity contribution in [1.29, 1.82) is 0 Å². The number of rotatable bonds is 7. The maximum Gasteiger partial charge on any atom is 0.416 e. The largest absolute Gasteiger partial charge is 0.469 e. The van der Waals surface area contributed by atoms with Crippen LogP contribution in [0.2, 0.25) is 0 Å². The molecule has 7 nitrogen and oxygen atoms in total. The summed E-state index contributed by atoms with van der Waals surface area (Å²) in [6.07, 6.45) is -6.57. The van der Waals surface area contributed by atoms with E-state index in [9.17, 15) is 32.7 Å². The summed E-state index contributed by atoms with van der Waals surface area (Å²) < 4.78 is 46.8. The van der Waals surface area contributed by atoms with Crippen LogP contribution in [0.1, 0.15) is 30.6 Å². The molecule has 3 atom stereocenters. The van der Waals surface area contributed by atoms with Crippen molar-refractivity contribution in [2.75, 3.05) is 14.2 Å². The van der Waals surface area contributed by atoms with Crippen LogP contribution in [-0.4, -0.2) is 43.2 Å². The number of nitrogens with one attached hydrogen (secondary N) is 1. The van der Waals surface area contributed by atoms with E-state index in [0.717, 1.165) is 38.5 Å². The van der Waals surface area contributed by atoms with Crippen LogP contribution in [0.25, 0.3) is 0 Å². The molecule has 1 aromatic carbocycles. The third-order valence-corrected chi connectivity index (χ3v) is 3.84. The number of benzene rings is 1. The first-order chi connectivity index (χ1) is 12.5. The Morgan fingerprint density at radius 2 is 1.67 bits per heavy atom. The second kappa shape index (κ2) is 9.36. The van der Waals surface area contributed by atoms with Crippen molar-refractivity contribution in [3.8, 4) is 0 Å². The number of aliphatic hydroxyl groups is 1. The fraction of sp³-hybridized carbons (Fsp3) is 0.471. The van der Waals surface area contributed by atoms with Crippen LogP contribution in [-0.2, 0) is 30.0 Å². The minimum Gasteiger partial charge on any atom is -0.469 e. The first kappa shape index (κ1) is 22.4. The molecular weight excluding hydrogens is 371 g/mol. The highest BCUT2D eigenvalue weighted by molar-refractivity contribution is 5.88. The van der Waals surface area contributed by atoms with Crippen LogP contribution in [0.3, 0.4) is 0 Å². The quantitative estimate of drug-likeness (QED) is 0.685. The summed E-state index contributed by atoms with van der Waals surface area (Å²) in [5, 5.41) is 12.3. The normalized spacial score (nSPS) is 14.6. The monoisotopic (exact) mass is 391 g/mol. The lowest BCUT2D eigenvalue weighted by Gasteiger charge is -2.23. The van der Waals surface area contributed by atoms with E-state index in [0.29, 0.717) is 0 Å². The highest BCUT2D eigenvalue weighted by Gasteiger charge is 2.33. The van der Waals surface area contributed by atoms with Crippen LogP contribution in [0, 0.1) is 5.92 Å². The molecule has 27 heavy (non-hydrogen) atoms. The molecule has 1 rings (SSSR count). The molecule has 1 amide bonds. The van der Waals surface area contributed by atoms with E-state index < -0.39 is 47.6 Å². The van der Waals surface area contributed by atoms with Crippen molar-refractivity contribution >= 4 is 17.8 Å². The van der Waals surface area contributed by atoms with Crippen LogP contribution >= 0.6 is 0 Å². The highest BCUT2D eigenvalue weighted by atomic mass is 19.4. The lowest BCUT2D eigenvalue weighted by Crippen LogP contribution is -2.48. The first-order valence-corrected chi connectivity index (χ1v) is 7.81. The van der Waals surface area contributed by atoms with E-state index in [1.165, 1.54) is 6.92 Å². The molecule has 2 N–H and O–H groups in total. The summed E-state index contributed by atoms with van der Waals surface area (Å²) in [5.74, 6) is -3.20. The SMILES string of the molecule is COC(=O)C[C@@H](C)[C@@H](NC(=O)[C@H](O)c1ccc(C(F)(F)F)cc1)C(=O)OC. The summed E-state index contributed by atoms with van der Waals surface area (Å²) in [5.41, 5.74) is -1.03. The van der Waals surface area contributed by atoms with Gasteiger partial charge in [-0.3, -0.25) is 9.59 Å². The summed E-state index contributed by atoms with van der Waals surface area (Å²) in [6.45, 7) is 1.49. The Morgan fingerprint density at radius 3 is 2.11 bits per heavy atom. The minimum absolute atomic E-state index is 0.0928. The van der Waals surface area contributed by atoms with E-state index in [4.69, 9.17) is 0 Å². The maximum absolute atomic E-state index is 12.6. The number of hydrogen-bond donors (Lipinski definition) is 2. The lowest BCUT2D eigenvalue weighted by molar-refractivity contribution is -0.149. The molecule has 0 radical (unpaired) electrons. The standard InChI is InChI=1S/C17H20F3NO6/c1-9(8-12(22)26-2)13(16(25)27-3)21-15(24)14(23)10-4-6-11(7-5-10)17(18,19)20/h4-7,9,13-14,23H,8H2,1-3H3,(H,21,24)/t9-,13-,14-/m1/s1. The van der Waals surface area contributed by atoms with Gasteiger partial charge in [0.1, 0.15) is 6.04 Å². The van der Waals surface area contributed by atoms with Gasteiger partial charge in [-0.15, -0.1) is 0 Å². The Morgan fingerprint density at radius 1 is 1.11 bits per heavy atom. The Kier molecular flexibility index (Phi) is 7.77. The van der Waals surface area contributed by atoms with Crippen LogP contribution in [0.4, 0.5) is 13.2 Å². The van der Waals surface area contributed by atoms with E-state index >= 15 is 0 Å². The molecule has 0 aliphatic rings. The summed E-state index contributed by atoms with van der Waals surface area (Å²) in [4.78, 5) is 35.4. The molecule has 10 heteroatoms.